The van der Waals surface area contributed by atoms with Crippen LogP contribution in [0.1, 0.15) is 31.8 Å². The molecule has 2 aromatic rings. The zero-order valence-electron chi connectivity index (χ0n) is 12.9. The number of fused-ring (bicyclic) bond motifs is 2. The average Bonchev–Trinajstić information content (AvgIpc) is 2.60. The molecule has 0 atom stereocenters. The predicted octanol–water partition coefficient (Wildman–Crippen LogP) is 3.57. The van der Waals surface area contributed by atoms with Crippen molar-refractivity contribution in [3.05, 3.63) is 73.7 Å². The molecule has 0 heterocycles. The molecule has 0 aliphatic heterocycles. The number of carbonyl (C=O) groups excluding carboxylic acids is 3. The lowest BCUT2D eigenvalue weighted by Crippen LogP contribution is -2.24. The van der Waals surface area contributed by atoms with Crippen LogP contribution in [0, 0.1) is 0 Å². The summed E-state index contributed by atoms with van der Waals surface area (Å²) in [5.74, 6) is -2.77. The van der Waals surface area contributed by atoms with E-state index in [1.54, 1.807) is 30.3 Å². The zero-order valence-corrected chi connectivity index (χ0v) is 16.0. The van der Waals surface area contributed by atoms with E-state index in [-0.39, 0.29) is 33.7 Å². The van der Waals surface area contributed by atoms with E-state index in [2.05, 4.69) is 37.2 Å². The van der Waals surface area contributed by atoms with Crippen LogP contribution in [0.15, 0.2) is 51.4 Å². The number of ketones is 2. The Morgan fingerprint density at radius 2 is 1.50 bits per heavy atom. The monoisotopic (exact) mass is 477 g/mol. The van der Waals surface area contributed by atoms with Crippen LogP contribution in [0.4, 0.5) is 5.69 Å². The first kappa shape index (κ1) is 18.2. The first-order valence-corrected chi connectivity index (χ1v) is 8.82. The fourth-order valence-corrected chi connectivity index (χ4v) is 4.09. The van der Waals surface area contributed by atoms with Gasteiger partial charge in [-0.2, -0.15) is 0 Å². The van der Waals surface area contributed by atoms with Gasteiger partial charge in [-0.05, 0) is 37.9 Å². The third-order valence-corrected chi connectivity index (χ3v) is 4.98. The standard InChI is InChI=1S/C18H9Br2NO5/c19-10-7-11(20)16(21-12(22)5-6-13(23)24)15-14(10)17(25)8-3-1-2-4-9(8)18(15)26/h1-7H,(H,21,22)(H,23,24)/b6-5-. The van der Waals surface area contributed by atoms with Crippen LogP contribution in [-0.2, 0) is 9.59 Å². The Morgan fingerprint density at radius 3 is 2.08 bits per heavy atom. The Morgan fingerprint density at radius 1 is 0.923 bits per heavy atom. The van der Waals surface area contributed by atoms with Gasteiger partial charge in [-0.3, -0.25) is 14.4 Å². The molecule has 6 nitrogen and oxygen atoms in total. The minimum absolute atomic E-state index is 0.0482. The molecule has 2 aromatic carbocycles. The molecule has 130 valence electrons. The highest BCUT2D eigenvalue weighted by Crippen LogP contribution is 2.40. The van der Waals surface area contributed by atoms with Crippen molar-refractivity contribution >= 4 is 61.0 Å². The zero-order chi connectivity index (χ0) is 19.0. The van der Waals surface area contributed by atoms with Gasteiger partial charge in [0.25, 0.3) is 0 Å². The first-order valence-electron chi connectivity index (χ1n) is 7.23. The molecule has 0 bridgehead atoms. The second-order valence-corrected chi connectivity index (χ2v) is 7.04. The van der Waals surface area contributed by atoms with Gasteiger partial charge in [0.1, 0.15) is 0 Å². The van der Waals surface area contributed by atoms with Crippen molar-refractivity contribution in [2.75, 3.05) is 5.32 Å². The summed E-state index contributed by atoms with van der Waals surface area (Å²) in [7, 11) is 0. The van der Waals surface area contributed by atoms with Gasteiger partial charge in [-0.15, -0.1) is 0 Å². The van der Waals surface area contributed by atoms with Gasteiger partial charge in [-0.1, -0.05) is 24.3 Å². The quantitative estimate of drug-likeness (QED) is 0.560. The summed E-state index contributed by atoms with van der Waals surface area (Å²) < 4.78 is 0.784. The van der Waals surface area contributed by atoms with Gasteiger partial charge in [0.15, 0.2) is 11.6 Å². The van der Waals surface area contributed by atoms with E-state index in [0.717, 1.165) is 6.08 Å². The number of hydrogen-bond acceptors (Lipinski definition) is 4. The maximum absolute atomic E-state index is 13.0. The predicted molar refractivity (Wildman–Crippen MR) is 101 cm³/mol. The SMILES string of the molecule is O=C(O)/C=C\C(=O)Nc1c(Br)cc(Br)c2c1C(=O)c1ccccc1C2=O. The number of aliphatic carboxylic acids is 1. The largest absolute Gasteiger partial charge is 0.478 e. The summed E-state index contributed by atoms with van der Waals surface area (Å²) in [5.41, 5.74) is 0.834. The van der Waals surface area contributed by atoms with Crippen molar-refractivity contribution in [1.29, 1.82) is 0 Å². The topological polar surface area (TPSA) is 101 Å². The van der Waals surface area contributed by atoms with Crippen LogP contribution in [0.5, 0.6) is 0 Å². The molecule has 0 saturated heterocycles. The number of carboxylic acids is 1. The van der Waals surface area contributed by atoms with Crippen molar-refractivity contribution in [3.8, 4) is 0 Å². The van der Waals surface area contributed by atoms with Crippen LogP contribution < -0.4 is 5.32 Å². The molecule has 0 fully saturated rings. The molecule has 1 aliphatic carbocycles. The number of anilines is 1. The fraction of sp³-hybridized carbons (Fsp3) is 0. The molecule has 8 heteroatoms. The van der Waals surface area contributed by atoms with Crippen molar-refractivity contribution in [3.63, 3.8) is 0 Å². The molecule has 3 rings (SSSR count). The number of halogens is 2. The molecule has 2 N–H and O–H groups in total. The van der Waals surface area contributed by atoms with Crippen LogP contribution in [0.2, 0.25) is 0 Å². The normalized spacial score (nSPS) is 12.7. The van der Waals surface area contributed by atoms with Crippen LogP contribution in [-0.4, -0.2) is 28.5 Å². The number of carboxylic acid groups (broad SMARTS) is 1. The van der Waals surface area contributed by atoms with E-state index in [1.807, 2.05) is 0 Å². The summed E-state index contributed by atoms with van der Waals surface area (Å²) in [6, 6.07) is 7.98. The average molecular weight is 479 g/mol. The highest BCUT2D eigenvalue weighted by molar-refractivity contribution is 9.11. The van der Waals surface area contributed by atoms with Crippen molar-refractivity contribution < 1.29 is 24.3 Å². The lowest BCUT2D eigenvalue weighted by atomic mass is 9.83. The summed E-state index contributed by atoms with van der Waals surface area (Å²) in [5, 5.41) is 11.1. The number of amides is 1. The molecule has 26 heavy (non-hydrogen) atoms. The maximum Gasteiger partial charge on any atom is 0.328 e. The molecule has 0 saturated carbocycles. The Kier molecular flexibility index (Phi) is 4.88. The minimum Gasteiger partial charge on any atom is -0.478 e. The van der Waals surface area contributed by atoms with E-state index < -0.39 is 17.7 Å². The van der Waals surface area contributed by atoms with E-state index in [9.17, 15) is 19.2 Å². The number of nitrogens with one attached hydrogen (secondary N) is 1. The lowest BCUT2D eigenvalue weighted by molar-refractivity contribution is -0.131. The van der Waals surface area contributed by atoms with Crippen LogP contribution in [0.25, 0.3) is 0 Å². The van der Waals surface area contributed by atoms with Crippen LogP contribution >= 0.6 is 31.9 Å². The van der Waals surface area contributed by atoms with Gasteiger partial charge in [-0.25, -0.2) is 4.79 Å². The Labute approximate surface area is 164 Å². The number of hydrogen-bond donors (Lipinski definition) is 2. The summed E-state index contributed by atoms with van der Waals surface area (Å²) in [6.45, 7) is 0. The molecule has 0 aromatic heterocycles. The van der Waals surface area contributed by atoms with Gasteiger partial charge < -0.3 is 10.4 Å². The van der Waals surface area contributed by atoms with Crippen LogP contribution in [0.3, 0.4) is 0 Å². The third-order valence-electron chi connectivity index (χ3n) is 3.73. The van der Waals surface area contributed by atoms with E-state index >= 15 is 0 Å². The molecule has 1 aliphatic rings. The summed E-state index contributed by atoms with van der Waals surface area (Å²) >= 11 is 6.57. The number of carbonyl (C=O) groups is 4. The van der Waals surface area contributed by atoms with Crippen molar-refractivity contribution in [2.24, 2.45) is 0 Å². The third kappa shape index (κ3) is 3.13. The molecule has 1 amide bonds. The second kappa shape index (κ2) is 6.97. The number of rotatable bonds is 3. The smallest absolute Gasteiger partial charge is 0.328 e. The van der Waals surface area contributed by atoms with E-state index in [1.165, 1.54) is 0 Å². The van der Waals surface area contributed by atoms with Gasteiger partial charge in [0.05, 0.1) is 16.8 Å². The Bertz CT molecular complexity index is 1030. The van der Waals surface area contributed by atoms with Gasteiger partial charge in [0.2, 0.25) is 5.91 Å². The van der Waals surface area contributed by atoms with Gasteiger partial charge in [0, 0.05) is 32.2 Å². The highest BCUT2D eigenvalue weighted by Gasteiger charge is 2.34. The fourth-order valence-electron chi connectivity index (χ4n) is 2.65. The summed E-state index contributed by atoms with van der Waals surface area (Å²) in [4.78, 5) is 48.3. The van der Waals surface area contributed by atoms with Crippen molar-refractivity contribution in [1.82, 2.24) is 0 Å². The molecule has 0 spiro atoms. The van der Waals surface area contributed by atoms with E-state index in [0.29, 0.717) is 15.0 Å². The molecule has 0 radical (unpaired) electrons. The molecule has 0 unspecified atom stereocenters. The van der Waals surface area contributed by atoms with Gasteiger partial charge >= 0.3 is 5.97 Å². The maximum atomic E-state index is 13.0. The van der Waals surface area contributed by atoms with E-state index in [4.69, 9.17) is 5.11 Å². The molecular formula is C18H9Br2NO5. The Balaban J connectivity index is 2.17. The molecular weight excluding hydrogens is 470 g/mol. The number of benzene rings is 2. The first-order chi connectivity index (χ1) is 12.3. The minimum atomic E-state index is -1.28. The highest BCUT2D eigenvalue weighted by atomic mass is 79.9. The Hall–Kier alpha value is -2.58. The second-order valence-electron chi connectivity index (χ2n) is 5.33. The summed E-state index contributed by atoms with van der Waals surface area (Å²) in [6.07, 6.45) is 1.50. The van der Waals surface area contributed by atoms with Crippen molar-refractivity contribution in [2.45, 2.75) is 0 Å². The lowest BCUT2D eigenvalue weighted by Gasteiger charge is -2.22.